The Kier molecular flexibility index (Phi) is 7.87. The van der Waals surface area contributed by atoms with E-state index in [9.17, 15) is 14.4 Å². The minimum atomic E-state index is -1.17. The van der Waals surface area contributed by atoms with Crippen LogP contribution in [0.25, 0.3) is 0 Å². The summed E-state index contributed by atoms with van der Waals surface area (Å²) in [6.07, 6.45) is 1.62. The molecule has 1 amide bonds. The van der Waals surface area contributed by atoms with Crippen molar-refractivity contribution < 1.29 is 24.2 Å². The summed E-state index contributed by atoms with van der Waals surface area (Å²) in [5.41, 5.74) is -0.690. The molecule has 0 heterocycles. The monoisotopic (exact) mass is 287 g/mol. The van der Waals surface area contributed by atoms with Crippen molar-refractivity contribution >= 4 is 17.8 Å². The number of carboxylic acids is 1. The second-order valence-electron chi connectivity index (χ2n) is 5.72. The summed E-state index contributed by atoms with van der Waals surface area (Å²) in [6.45, 7) is 7.06. The van der Waals surface area contributed by atoms with Crippen LogP contribution in [0.5, 0.6) is 0 Å². The highest BCUT2D eigenvalue weighted by molar-refractivity contribution is 5.82. The summed E-state index contributed by atoms with van der Waals surface area (Å²) in [5.74, 6) is -1.15. The van der Waals surface area contributed by atoms with Crippen LogP contribution in [0.3, 0.4) is 0 Å². The number of ketones is 1. The first-order chi connectivity index (χ1) is 9.15. The van der Waals surface area contributed by atoms with Gasteiger partial charge in [-0.2, -0.15) is 0 Å². The number of amides is 1. The lowest BCUT2D eigenvalue weighted by atomic mass is 10.1. The molecule has 116 valence electrons. The number of carbonyl (C=O) groups excluding carboxylic acids is 2. The number of nitrogens with one attached hydrogen (secondary N) is 1. The van der Waals surface area contributed by atoms with Crippen molar-refractivity contribution in [2.24, 2.45) is 0 Å². The van der Waals surface area contributed by atoms with Gasteiger partial charge in [-0.3, -0.25) is 4.79 Å². The topological polar surface area (TPSA) is 92.7 Å². The largest absolute Gasteiger partial charge is 0.480 e. The zero-order valence-corrected chi connectivity index (χ0v) is 12.7. The lowest BCUT2D eigenvalue weighted by molar-refractivity contribution is -0.139. The molecule has 0 aliphatic rings. The van der Waals surface area contributed by atoms with Gasteiger partial charge in [-0.25, -0.2) is 9.59 Å². The molecule has 0 aliphatic heterocycles. The van der Waals surface area contributed by atoms with E-state index in [1.54, 1.807) is 20.8 Å². The van der Waals surface area contributed by atoms with Crippen LogP contribution in [0.1, 0.15) is 59.8 Å². The number of hydrogen-bond acceptors (Lipinski definition) is 4. The maximum Gasteiger partial charge on any atom is 0.408 e. The summed E-state index contributed by atoms with van der Waals surface area (Å²) in [6, 6.07) is -1.10. The van der Waals surface area contributed by atoms with Crippen molar-refractivity contribution in [3.63, 3.8) is 0 Å². The van der Waals surface area contributed by atoms with E-state index in [2.05, 4.69) is 5.32 Å². The Morgan fingerprint density at radius 1 is 1.20 bits per heavy atom. The number of hydrogen-bond donors (Lipinski definition) is 2. The van der Waals surface area contributed by atoms with Crippen LogP contribution in [-0.2, 0) is 14.3 Å². The first-order valence-electron chi connectivity index (χ1n) is 6.89. The molecule has 0 aromatic heterocycles. The van der Waals surface area contributed by atoms with Gasteiger partial charge < -0.3 is 15.2 Å². The zero-order valence-electron chi connectivity index (χ0n) is 12.7. The van der Waals surface area contributed by atoms with Crippen molar-refractivity contribution in [2.75, 3.05) is 0 Å². The molecule has 0 aliphatic carbocycles. The summed E-state index contributed by atoms with van der Waals surface area (Å²) in [7, 11) is 0. The number of alkyl carbamates (subject to hydrolysis) is 1. The molecule has 0 fully saturated rings. The van der Waals surface area contributed by atoms with E-state index < -0.39 is 23.7 Å². The lowest BCUT2D eigenvalue weighted by Crippen LogP contribution is -2.43. The predicted molar refractivity (Wildman–Crippen MR) is 74.6 cm³/mol. The number of unbranched alkanes of at least 4 members (excludes halogenated alkanes) is 1. The molecule has 2 N–H and O–H groups in total. The fourth-order valence-electron chi connectivity index (χ4n) is 1.51. The molecule has 0 spiro atoms. The summed E-state index contributed by atoms with van der Waals surface area (Å²) in [4.78, 5) is 34.1. The van der Waals surface area contributed by atoms with Crippen LogP contribution in [0.15, 0.2) is 0 Å². The summed E-state index contributed by atoms with van der Waals surface area (Å²) >= 11 is 0. The van der Waals surface area contributed by atoms with Crippen LogP contribution < -0.4 is 5.32 Å². The van der Waals surface area contributed by atoms with E-state index >= 15 is 0 Å². The van der Waals surface area contributed by atoms with Gasteiger partial charge in [0.1, 0.15) is 17.4 Å². The number of carbonyl (C=O) groups is 3. The molecule has 0 saturated heterocycles. The second-order valence-corrected chi connectivity index (χ2v) is 5.72. The van der Waals surface area contributed by atoms with E-state index in [1.165, 1.54) is 0 Å². The Bertz CT molecular complexity index is 346. The molecule has 1 unspecified atom stereocenters. The van der Waals surface area contributed by atoms with E-state index in [1.807, 2.05) is 6.92 Å². The highest BCUT2D eigenvalue weighted by atomic mass is 16.6. The third kappa shape index (κ3) is 9.35. The summed E-state index contributed by atoms with van der Waals surface area (Å²) < 4.78 is 4.99. The lowest BCUT2D eigenvalue weighted by Gasteiger charge is -2.21. The fourth-order valence-corrected chi connectivity index (χ4v) is 1.51. The fraction of sp³-hybridized carbons (Fsp3) is 0.786. The first-order valence-corrected chi connectivity index (χ1v) is 6.89. The first kappa shape index (κ1) is 18.4. The maximum absolute atomic E-state index is 11.5. The van der Waals surface area contributed by atoms with Gasteiger partial charge in [-0.15, -0.1) is 0 Å². The van der Waals surface area contributed by atoms with Crippen LogP contribution in [0.2, 0.25) is 0 Å². The Morgan fingerprint density at radius 2 is 1.80 bits per heavy atom. The van der Waals surface area contributed by atoms with Crippen LogP contribution in [-0.4, -0.2) is 34.6 Å². The van der Waals surface area contributed by atoms with Gasteiger partial charge in [0, 0.05) is 12.8 Å². The molecule has 0 rings (SSSR count). The number of rotatable bonds is 8. The van der Waals surface area contributed by atoms with Gasteiger partial charge in [0.15, 0.2) is 0 Å². The number of Topliss-reactive ketones (excluding diaryl/α,β-unsaturated/α-hetero) is 1. The van der Waals surface area contributed by atoms with Crippen molar-refractivity contribution in [2.45, 2.75) is 71.4 Å². The molecule has 6 nitrogen and oxygen atoms in total. The molecule has 0 radical (unpaired) electrons. The molecule has 6 heteroatoms. The molecular formula is C14H25NO5. The van der Waals surface area contributed by atoms with Crippen molar-refractivity contribution in [3.8, 4) is 0 Å². The quantitative estimate of drug-likeness (QED) is 0.715. The van der Waals surface area contributed by atoms with Crippen molar-refractivity contribution in [1.82, 2.24) is 5.32 Å². The third-order valence-electron chi connectivity index (χ3n) is 2.51. The standard InChI is InChI=1S/C14H25NO5/c1-5-6-7-10(16)8-9-11(12(17)18)15-13(19)20-14(2,3)4/h11H,5-9H2,1-4H3,(H,15,19)(H,17,18). The molecule has 1 atom stereocenters. The predicted octanol–water partition coefficient (Wildman–Crippen LogP) is 2.50. The van der Waals surface area contributed by atoms with Gasteiger partial charge >= 0.3 is 12.1 Å². The van der Waals surface area contributed by atoms with Crippen LogP contribution >= 0.6 is 0 Å². The number of aliphatic carboxylic acids is 1. The minimum Gasteiger partial charge on any atom is -0.480 e. The normalized spacial score (nSPS) is 12.6. The van der Waals surface area contributed by atoms with Crippen molar-refractivity contribution in [1.29, 1.82) is 0 Å². The van der Waals surface area contributed by atoms with Crippen LogP contribution in [0.4, 0.5) is 4.79 Å². The second kappa shape index (κ2) is 8.55. The Balaban J connectivity index is 4.27. The van der Waals surface area contributed by atoms with Gasteiger partial charge in [0.2, 0.25) is 0 Å². The average Bonchev–Trinajstić information content (AvgIpc) is 2.29. The molecule has 0 aromatic rings. The Hall–Kier alpha value is -1.59. The molecule has 0 saturated carbocycles. The van der Waals surface area contributed by atoms with E-state index in [4.69, 9.17) is 9.84 Å². The average molecular weight is 287 g/mol. The summed E-state index contributed by atoms with van der Waals surface area (Å²) in [5, 5.41) is 11.3. The zero-order chi connectivity index (χ0) is 15.8. The van der Waals surface area contributed by atoms with Gasteiger partial charge in [-0.05, 0) is 33.6 Å². The number of ether oxygens (including phenoxy) is 1. The molecule has 0 bridgehead atoms. The minimum absolute atomic E-state index is 0.0177. The third-order valence-corrected chi connectivity index (χ3v) is 2.51. The van der Waals surface area contributed by atoms with Crippen molar-refractivity contribution in [3.05, 3.63) is 0 Å². The Morgan fingerprint density at radius 3 is 2.25 bits per heavy atom. The molecule has 0 aromatic carbocycles. The van der Waals surface area contributed by atoms with Crippen LogP contribution in [0, 0.1) is 0 Å². The number of carboxylic acid groups (broad SMARTS) is 1. The maximum atomic E-state index is 11.5. The molecule has 20 heavy (non-hydrogen) atoms. The van der Waals surface area contributed by atoms with E-state index in [-0.39, 0.29) is 18.6 Å². The Labute approximate surface area is 119 Å². The van der Waals surface area contributed by atoms with Gasteiger partial charge in [0.05, 0.1) is 0 Å². The smallest absolute Gasteiger partial charge is 0.408 e. The highest BCUT2D eigenvalue weighted by Crippen LogP contribution is 2.09. The van der Waals surface area contributed by atoms with E-state index in [0.717, 1.165) is 12.8 Å². The van der Waals surface area contributed by atoms with Gasteiger partial charge in [-0.1, -0.05) is 13.3 Å². The van der Waals surface area contributed by atoms with E-state index in [0.29, 0.717) is 6.42 Å². The SMILES string of the molecule is CCCCC(=O)CCC(NC(=O)OC(C)(C)C)C(=O)O. The van der Waals surface area contributed by atoms with Gasteiger partial charge in [0.25, 0.3) is 0 Å². The highest BCUT2D eigenvalue weighted by Gasteiger charge is 2.24. The molecular weight excluding hydrogens is 262 g/mol.